The maximum Gasteiger partial charge on any atom is 0.256 e. The van der Waals surface area contributed by atoms with Crippen molar-refractivity contribution < 1.29 is 9.53 Å². The summed E-state index contributed by atoms with van der Waals surface area (Å²) in [6, 6.07) is 22.3. The molecule has 0 bridgehead atoms. The van der Waals surface area contributed by atoms with Gasteiger partial charge in [-0.1, -0.05) is 42.5 Å². The first-order valence-electron chi connectivity index (χ1n) is 13.2. The second-order valence-electron chi connectivity index (χ2n) is 9.65. The van der Waals surface area contributed by atoms with Gasteiger partial charge < -0.3 is 24.3 Å². The molecule has 8 nitrogen and oxygen atoms in total. The number of carbonyl (C=O) groups excluding carboxylic acids is 1. The number of nitrogens with zero attached hydrogens (tertiary/aromatic N) is 6. The van der Waals surface area contributed by atoms with Gasteiger partial charge in [0.2, 0.25) is 0 Å². The molecule has 194 valence electrons. The van der Waals surface area contributed by atoms with E-state index < -0.39 is 0 Å². The topological polar surface area (TPSA) is 65.0 Å². The normalized spacial score (nSPS) is 16.1. The molecule has 0 saturated carbocycles. The number of hydrogen-bond acceptors (Lipinski definition) is 7. The molecule has 6 rings (SSSR count). The molecule has 2 aromatic heterocycles. The summed E-state index contributed by atoms with van der Waals surface area (Å²) in [5, 5.41) is 1.98. The maximum absolute atomic E-state index is 13.6. The molecular formula is C30H32N6O2. The molecule has 2 fully saturated rings. The number of para-hydroxylation sites is 2. The Morgan fingerprint density at radius 2 is 1.37 bits per heavy atom. The van der Waals surface area contributed by atoms with Crippen LogP contribution in [0.25, 0.3) is 10.8 Å². The number of hydrogen-bond donors (Lipinski definition) is 0. The number of piperazine rings is 2. The first-order chi connectivity index (χ1) is 18.7. The minimum atomic E-state index is 0.0434. The maximum atomic E-state index is 13.6. The molecule has 0 atom stereocenters. The summed E-state index contributed by atoms with van der Waals surface area (Å²) < 4.78 is 5.57. The number of methoxy groups -OCH3 is 1. The summed E-state index contributed by atoms with van der Waals surface area (Å²) in [7, 11) is 1.72. The number of benzene rings is 2. The molecule has 2 aromatic carbocycles. The van der Waals surface area contributed by atoms with Gasteiger partial charge >= 0.3 is 0 Å². The van der Waals surface area contributed by atoms with Gasteiger partial charge in [-0.05, 0) is 29.7 Å². The monoisotopic (exact) mass is 508 g/mol. The number of carbonyl (C=O) groups is 1. The van der Waals surface area contributed by atoms with Crippen molar-refractivity contribution in [2.24, 2.45) is 0 Å². The van der Waals surface area contributed by atoms with Crippen molar-refractivity contribution >= 4 is 34.0 Å². The third-order valence-electron chi connectivity index (χ3n) is 7.55. The highest BCUT2D eigenvalue weighted by Gasteiger charge is 2.27. The lowest BCUT2D eigenvalue weighted by molar-refractivity contribution is 0.0748. The first kappa shape index (κ1) is 24.0. The van der Waals surface area contributed by atoms with E-state index in [1.165, 1.54) is 0 Å². The minimum absolute atomic E-state index is 0.0434. The van der Waals surface area contributed by atoms with Crippen LogP contribution < -0.4 is 19.4 Å². The summed E-state index contributed by atoms with van der Waals surface area (Å²) in [5.41, 5.74) is 1.79. The smallest absolute Gasteiger partial charge is 0.256 e. The van der Waals surface area contributed by atoms with Crippen LogP contribution in [0.5, 0.6) is 5.75 Å². The number of rotatable bonds is 5. The molecule has 4 aromatic rings. The van der Waals surface area contributed by atoms with Crippen LogP contribution >= 0.6 is 0 Å². The van der Waals surface area contributed by atoms with Crippen LogP contribution in [0.1, 0.15) is 10.4 Å². The molecule has 0 unspecified atom stereocenters. The van der Waals surface area contributed by atoms with E-state index in [0.717, 1.165) is 73.1 Å². The number of aromatic nitrogens is 2. The van der Waals surface area contributed by atoms with E-state index in [9.17, 15) is 4.79 Å². The minimum Gasteiger partial charge on any atom is -0.495 e. The fourth-order valence-electron chi connectivity index (χ4n) is 5.50. The molecule has 0 aliphatic carbocycles. The average molecular weight is 509 g/mol. The number of ether oxygens (including phenoxy) is 1. The number of amides is 1. The Bertz CT molecular complexity index is 1410. The fraction of sp³-hybridized carbons (Fsp3) is 0.300. The van der Waals surface area contributed by atoms with Gasteiger partial charge in [0.05, 0.1) is 18.4 Å². The van der Waals surface area contributed by atoms with Gasteiger partial charge in [-0.2, -0.15) is 0 Å². The van der Waals surface area contributed by atoms with E-state index in [-0.39, 0.29) is 5.91 Å². The summed E-state index contributed by atoms with van der Waals surface area (Å²) in [6.45, 7) is 6.29. The molecular weight excluding hydrogens is 476 g/mol. The summed E-state index contributed by atoms with van der Waals surface area (Å²) in [4.78, 5) is 31.8. The quantitative estimate of drug-likeness (QED) is 0.405. The van der Waals surface area contributed by atoms with Crippen LogP contribution in [0.2, 0.25) is 0 Å². The van der Waals surface area contributed by atoms with E-state index in [1.54, 1.807) is 13.3 Å². The molecule has 38 heavy (non-hydrogen) atoms. The fourth-order valence-corrected chi connectivity index (χ4v) is 5.50. The molecule has 1 amide bonds. The molecule has 2 aliphatic heterocycles. The summed E-state index contributed by atoms with van der Waals surface area (Å²) in [6.07, 6.45) is 3.59. The largest absolute Gasteiger partial charge is 0.495 e. The van der Waals surface area contributed by atoms with E-state index in [0.29, 0.717) is 18.7 Å². The van der Waals surface area contributed by atoms with Gasteiger partial charge in [0.1, 0.15) is 17.4 Å². The Morgan fingerprint density at radius 3 is 2.11 bits per heavy atom. The first-order valence-corrected chi connectivity index (χ1v) is 13.2. The van der Waals surface area contributed by atoms with Crippen LogP contribution in [0.4, 0.5) is 17.3 Å². The van der Waals surface area contributed by atoms with E-state index in [2.05, 4.69) is 31.8 Å². The molecule has 8 heteroatoms. The lowest BCUT2D eigenvalue weighted by Gasteiger charge is -2.38. The Labute approximate surface area is 223 Å². The molecule has 0 radical (unpaired) electrons. The van der Waals surface area contributed by atoms with Gasteiger partial charge in [-0.15, -0.1) is 0 Å². The van der Waals surface area contributed by atoms with Crippen molar-refractivity contribution in [2.75, 3.05) is 74.2 Å². The number of pyridine rings is 2. The number of anilines is 3. The average Bonchev–Trinajstić information content (AvgIpc) is 3.01. The highest BCUT2D eigenvalue weighted by Crippen LogP contribution is 2.32. The summed E-state index contributed by atoms with van der Waals surface area (Å²) in [5.74, 6) is 2.84. The molecule has 2 aliphatic rings. The highest BCUT2D eigenvalue weighted by atomic mass is 16.5. The van der Waals surface area contributed by atoms with Crippen molar-refractivity contribution in [1.82, 2.24) is 14.9 Å². The SMILES string of the molecule is COc1ccccc1N1CCN(c2ncc(C(=O)N3CCN(c4ccccn4)CC3)c3ccccc23)CC1. The van der Waals surface area contributed by atoms with Crippen LogP contribution in [0.3, 0.4) is 0 Å². The van der Waals surface area contributed by atoms with Crippen molar-refractivity contribution in [2.45, 2.75) is 0 Å². The molecule has 4 heterocycles. The van der Waals surface area contributed by atoms with Crippen molar-refractivity contribution in [3.63, 3.8) is 0 Å². The van der Waals surface area contributed by atoms with Gasteiger partial charge in [-0.25, -0.2) is 9.97 Å². The van der Waals surface area contributed by atoms with Crippen molar-refractivity contribution in [3.8, 4) is 5.75 Å². The zero-order valence-corrected chi connectivity index (χ0v) is 21.7. The standard InChI is InChI=1S/C30H32N6O2/c1-38-27-11-5-4-10-26(27)33-14-18-35(19-15-33)29-24-9-3-2-8-23(24)25(22-32-29)30(37)36-20-16-34(17-21-36)28-12-6-7-13-31-28/h2-13,22H,14-21H2,1H3. The Balaban J connectivity index is 1.18. The zero-order valence-electron chi connectivity index (χ0n) is 21.7. The highest BCUT2D eigenvalue weighted by molar-refractivity contribution is 6.09. The lowest BCUT2D eigenvalue weighted by Crippen LogP contribution is -2.49. The van der Waals surface area contributed by atoms with Gasteiger partial charge in [0.15, 0.2) is 0 Å². The van der Waals surface area contributed by atoms with Crippen LogP contribution in [-0.2, 0) is 0 Å². The van der Waals surface area contributed by atoms with Gasteiger partial charge in [-0.3, -0.25) is 4.79 Å². The lowest BCUT2D eigenvalue weighted by atomic mass is 10.0. The van der Waals surface area contributed by atoms with E-state index >= 15 is 0 Å². The second kappa shape index (κ2) is 10.6. The van der Waals surface area contributed by atoms with E-state index in [1.807, 2.05) is 65.7 Å². The van der Waals surface area contributed by atoms with Crippen molar-refractivity contribution in [3.05, 3.63) is 84.7 Å². The third kappa shape index (κ3) is 4.58. The van der Waals surface area contributed by atoms with Gasteiger partial charge in [0, 0.05) is 70.1 Å². The van der Waals surface area contributed by atoms with E-state index in [4.69, 9.17) is 9.72 Å². The predicted molar refractivity (Wildman–Crippen MR) is 152 cm³/mol. The second-order valence-corrected chi connectivity index (χ2v) is 9.65. The molecule has 2 saturated heterocycles. The van der Waals surface area contributed by atoms with Gasteiger partial charge in [0.25, 0.3) is 5.91 Å². The Kier molecular flexibility index (Phi) is 6.69. The summed E-state index contributed by atoms with van der Waals surface area (Å²) >= 11 is 0. The van der Waals surface area contributed by atoms with Crippen LogP contribution in [0.15, 0.2) is 79.1 Å². The van der Waals surface area contributed by atoms with Crippen LogP contribution in [0, 0.1) is 0 Å². The van der Waals surface area contributed by atoms with Crippen molar-refractivity contribution in [1.29, 1.82) is 0 Å². The van der Waals surface area contributed by atoms with Crippen LogP contribution in [-0.4, -0.2) is 80.2 Å². The zero-order chi connectivity index (χ0) is 25.9. The Morgan fingerprint density at radius 1 is 0.711 bits per heavy atom. The number of fused-ring (bicyclic) bond motifs is 1. The predicted octanol–water partition coefficient (Wildman–Crippen LogP) is 3.93. The molecule has 0 spiro atoms. The molecule has 0 N–H and O–H groups in total. The third-order valence-corrected chi connectivity index (χ3v) is 7.55. The Hall–Kier alpha value is -4.33.